The molecule has 1 saturated heterocycles. The zero-order valence-corrected chi connectivity index (χ0v) is 15.4. The molecule has 1 aromatic carbocycles. The van der Waals surface area contributed by atoms with Crippen LogP contribution in [0.4, 0.5) is 4.39 Å². The van der Waals surface area contributed by atoms with Crippen LogP contribution in [0, 0.1) is 5.82 Å². The molecule has 1 fully saturated rings. The second kappa shape index (κ2) is 7.02. The van der Waals surface area contributed by atoms with Crippen LogP contribution in [0.3, 0.4) is 0 Å². The average Bonchev–Trinajstić information content (AvgIpc) is 2.68. The van der Waals surface area contributed by atoms with Crippen LogP contribution in [0.5, 0.6) is 0 Å². The smallest absolute Gasteiger partial charge is 0.466 e. The molecule has 1 heterocycles. The fourth-order valence-corrected chi connectivity index (χ4v) is 2.86. The number of rotatable bonds is 5. The molecule has 1 aliphatic rings. The summed E-state index contributed by atoms with van der Waals surface area (Å²) >= 11 is 6.24. The number of carbonyl (C=O) groups is 1. The summed E-state index contributed by atoms with van der Waals surface area (Å²) in [6.07, 6.45) is -0.00611. The average molecular weight is 357 g/mol. The van der Waals surface area contributed by atoms with Gasteiger partial charge in [-0.3, -0.25) is 4.79 Å². The van der Waals surface area contributed by atoms with Crippen LogP contribution in [0.15, 0.2) is 18.2 Å². The maximum atomic E-state index is 13.7. The quantitative estimate of drug-likeness (QED) is 0.587. The summed E-state index contributed by atoms with van der Waals surface area (Å²) < 4.78 is 30.9. The van der Waals surface area contributed by atoms with E-state index in [9.17, 15) is 9.18 Å². The lowest BCUT2D eigenvalue weighted by atomic mass is 9.66. The van der Waals surface area contributed by atoms with Crippen LogP contribution < -0.4 is 0 Å². The minimum Gasteiger partial charge on any atom is -0.466 e. The van der Waals surface area contributed by atoms with Crippen molar-refractivity contribution in [1.82, 2.24) is 0 Å². The third-order valence-electron chi connectivity index (χ3n) is 4.65. The predicted octanol–water partition coefficient (Wildman–Crippen LogP) is 4.15. The van der Waals surface area contributed by atoms with Gasteiger partial charge in [0.05, 0.1) is 24.2 Å². The Hall–Kier alpha value is -1.11. The molecule has 7 heteroatoms. The van der Waals surface area contributed by atoms with Crippen LogP contribution in [0.2, 0.25) is 5.02 Å². The Morgan fingerprint density at radius 3 is 2.42 bits per heavy atom. The van der Waals surface area contributed by atoms with E-state index < -0.39 is 35.9 Å². The molecule has 0 bridgehead atoms. The van der Waals surface area contributed by atoms with Gasteiger partial charge in [0.2, 0.25) is 0 Å². The van der Waals surface area contributed by atoms with Crippen molar-refractivity contribution in [2.45, 2.75) is 58.1 Å². The molecule has 132 valence electrons. The third kappa shape index (κ3) is 3.93. The molecule has 0 N–H and O–H groups in total. The molecule has 4 nitrogen and oxygen atoms in total. The molecule has 0 saturated carbocycles. The molecule has 1 unspecified atom stereocenters. The predicted molar refractivity (Wildman–Crippen MR) is 91.5 cm³/mol. The standard InChI is InChI=1S/C17H23BClFO4/c1-6-22-15(21)10-13(12-9-11(20)7-8-14(12)19)18-23-16(2,3)17(4,5)24-18/h7-9,13H,6,10H2,1-5H3. The van der Waals surface area contributed by atoms with Gasteiger partial charge in [-0.2, -0.15) is 0 Å². The number of carbonyl (C=O) groups excluding carboxylic acids is 1. The molecule has 0 spiro atoms. The Labute approximate surface area is 147 Å². The van der Waals surface area contributed by atoms with Gasteiger partial charge in [-0.05, 0) is 58.4 Å². The Morgan fingerprint density at radius 1 is 1.29 bits per heavy atom. The first-order valence-electron chi connectivity index (χ1n) is 8.03. The van der Waals surface area contributed by atoms with E-state index in [1.54, 1.807) is 6.92 Å². The van der Waals surface area contributed by atoms with E-state index in [0.717, 1.165) is 0 Å². The zero-order chi connectivity index (χ0) is 18.1. The van der Waals surface area contributed by atoms with Gasteiger partial charge in [-0.15, -0.1) is 0 Å². The van der Waals surface area contributed by atoms with Gasteiger partial charge in [-0.25, -0.2) is 4.39 Å². The van der Waals surface area contributed by atoms with Gasteiger partial charge in [0.15, 0.2) is 0 Å². The summed E-state index contributed by atoms with van der Waals surface area (Å²) in [4.78, 5) is 12.0. The maximum Gasteiger partial charge on any atom is 0.466 e. The molecule has 24 heavy (non-hydrogen) atoms. The highest BCUT2D eigenvalue weighted by Crippen LogP contribution is 2.43. The summed E-state index contributed by atoms with van der Waals surface area (Å²) in [6, 6.07) is 4.06. The molecule has 1 atom stereocenters. The van der Waals surface area contributed by atoms with Crippen LogP contribution in [0.1, 0.15) is 52.4 Å². The SMILES string of the molecule is CCOC(=O)CC(B1OC(C)(C)C(C)(C)O1)c1cc(F)ccc1Cl. The van der Waals surface area contributed by atoms with Gasteiger partial charge in [0, 0.05) is 10.8 Å². The number of halogens is 2. The zero-order valence-electron chi connectivity index (χ0n) is 14.7. The number of hydrogen-bond donors (Lipinski definition) is 0. The van der Waals surface area contributed by atoms with E-state index in [0.29, 0.717) is 10.6 Å². The van der Waals surface area contributed by atoms with E-state index in [1.165, 1.54) is 18.2 Å². The Kier molecular flexibility index (Phi) is 5.62. The number of benzene rings is 1. The van der Waals surface area contributed by atoms with Crippen molar-refractivity contribution in [1.29, 1.82) is 0 Å². The van der Waals surface area contributed by atoms with Crippen molar-refractivity contribution in [3.05, 3.63) is 34.6 Å². The first-order valence-corrected chi connectivity index (χ1v) is 8.41. The molecule has 0 radical (unpaired) electrons. The highest BCUT2D eigenvalue weighted by atomic mass is 35.5. The fourth-order valence-electron chi connectivity index (χ4n) is 2.60. The third-order valence-corrected chi connectivity index (χ3v) is 4.99. The van der Waals surface area contributed by atoms with Gasteiger partial charge in [0.1, 0.15) is 5.82 Å². The Bertz CT molecular complexity index is 605. The van der Waals surface area contributed by atoms with Crippen LogP contribution in [-0.4, -0.2) is 30.9 Å². The monoisotopic (exact) mass is 356 g/mol. The van der Waals surface area contributed by atoms with Crippen molar-refractivity contribution >= 4 is 24.7 Å². The maximum absolute atomic E-state index is 13.7. The topological polar surface area (TPSA) is 44.8 Å². The summed E-state index contributed by atoms with van der Waals surface area (Å²) in [7, 11) is -0.723. The van der Waals surface area contributed by atoms with Crippen LogP contribution in [0.25, 0.3) is 0 Å². The molecule has 1 aromatic rings. The highest BCUT2D eigenvalue weighted by molar-refractivity contribution is 6.48. The number of esters is 1. The van der Waals surface area contributed by atoms with Crippen molar-refractivity contribution in [3.63, 3.8) is 0 Å². The minimum absolute atomic E-state index is 0.00611. The summed E-state index contributed by atoms with van der Waals surface area (Å²) in [6.45, 7) is 9.68. The molecule has 2 rings (SSSR count). The van der Waals surface area contributed by atoms with Crippen molar-refractivity contribution in [2.24, 2.45) is 0 Å². The molecular formula is C17H23BClFO4. The van der Waals surface area contributed by atoms with E-state index in [2.05, 4.69) is 0 Å². The minimum atomic E-state index is -0.723. The summed E-state index contributed by atoms with van der Waals surface area (Å²) in [5.74, 6) is -1.40. The van der Waals surface area contributed by atoms with E-state index >= 15 is 0 Å². The van der Waals surface area contributed by atoms with Crippen molar-refractivity contribution in [2.75, 3.05) is 6.61 Å². The fraction of sp³-hybridized carbons (Fsp3) is 0.588. The Morgan fingerprint density at radius 2 is 1.88 bits per heavy atom. The molecule has 0 amide bonds. The first kappa shape index (κ1) is 19.2. The second-order valence-electron chi connectivity index (χ2n) is 6.91. The van der Waals surface area contributed by atoms with E-state index in [1.807, 2.05) is 27.7 Å². The second-order valence-corrected chi connectivity index (χ2v) is 7.31. The Balaban J connectivity index is 2.37. The summed E-state index contributed by atoms with van der Waals surface area (Å²) in [5, 5.41) is 0.361. The van der Waals surface area contributed by atoms with E-state index in [-0.39, 0.29) is 13.0 Å². The normalized spacial score (nSPS) is 20.0. The molecule has 0 aromatic heterocycles. The number of ether oxygens (including phenoxy) is 1. The van der Waals surface area contributed by atoms with Gasteiger partial charge >= 0.3 is 13.1 Å². The lowest BCUT2D eigenvalue weighted by Gasteiger charge is -2.32. The van der Waals surface area contributed by atoms with Gasteiger partial charge < -0.3 is 14.0 Å². The lowest BCUT2D eigenvalue weighted by Crippen LogP contribution is -2.41. The van der Waals surface area contributed by atoms with Crippen LogP contribution in [-0.2, 0) is 18.8 Å². The van der Waals surface area contributed by atoms with Crippen LogP contribution >= 0.6 is 11.6 Å². The molecular weight excluding hydrogens is 333 g/mol. The largest absolute Gasteiger partial charge is 0.466 e. The molecule has 1 aliphatic heterocycles. The van der Waals surface area contributed by atoms with Gasteiger partial charge in [-0.1, -0.05) is 11.6 Å². The number of hydrogen-bond acceptors (Lipinski definition) is 4. The summed E-state index contributed by atoms with van der Waals surface area (Å²) in [5.41, 5.74) is -0.655. The van der Waals surface area contributed by atoms with Gasteiger partial charge in [0.25, 0.3) is 0 Å². The molecule has 0 aliphatic carbocycles. The lowest BCUT2D eigenvalue weighted by molar-refractivity contribution is -0.143. The van der Waals surface area contributed by atoms with E-state index in [4.69, 9.17) is 25.6 Å². The first-order chi connectivity index (χ1) is 11.1. The van der Waals surface area contributed by atoms with Crippen molar-refractivity contribution in [3.8, 4) is 0 Å². The van der Waals surface area contributed by atoms with Crippen molar-refractivity contribution < 1.29 is 23.2 Å². The highest BCUT2D eigenvalue weighted by Gasteiger charge is 2.54.